The highest BCUT2D eigenvalue weighted by atomic mass is 127. The average Bonchev–Trinajstić information content (AvgIpc) is 2.37. The van der Waals surface area contributed by atoms with Crippen LogP contribution >= 0.6 is 22.6 Å². The highest BCUT2D eigenvalue weighted by molar-refractivity contribution is 14.1. The average molecular weight is 353 g/mol. The zero-order valence-electron chi connectivity index (χ0n) is 9.80. The van der Waals surface area contributed by atoms with Crippen molar-refractivity contribution in [1.82, 2.24) is 0 Å². The number of phenolic OH excluding ortho intramolecular Hbond substituents is 1. The number of amides is 1. The molecule has 3 nitrogen and oxygen atoms in total. The van der Waals surface area contributed by atoms with E-state index in [2.05, 4.69) is 22.6 Å². The van der Waals surface area contributed by atoms with Crippen LogP contribution in [0.15, 0.2) is 48.5 Å². The van der Waals surface area contributed by atoms with E-state index in [4.69, 9.17) is 0 Å². The van der Waals surface area contributed by atoms with Gasteiger partial charge in [-0.25, -0.2) is 0 Å². The number of nitrogens with zero attached hydrogens (tertiary/aromatic N) is 1. The minimum atomic E-state index is -0.144. The van der Waals surface area contributed by atoms with E-state index in [0.717, 1.165) is 9.26 Å². The third kappa shape index (κ3) is 2.64. The number of carbonyl (C=O) groups is 1. The summed E-state index contributed by atoms with van der Waals surface area (Å²) in [5, 5.41) is 9.40. The lowest BCUT2D eigenvalue weighted by molar-refractivity contribution is 0.0992. The molecule has 0 aliphatic heterocycles. The van der Waals surface area contributed by atoms with E-state index >= 15 is 0 Å². The molecule has 0 aromatic heterocycles. The van der Waals surface area contributed by atoms with Crippen molar-refractivity contribution in [2.45, 2.75) is 0 Å². The maximum Gasteiger partial charge on any atom is 0.258 e. The smallest absolute Gasteiger partial charge is 0.258 e. The monoisotopic (exact) mass is 353 g/mol. The number of anilines is 1. The molecule has 0 saturated carbocycles. The zero-order chi connectivity index (χ0) is 13.1. The number of rotatable bonds is 2. The molecular formula is C14H12INO2. The van der Waals surface area contributed by atoms with E-state index in [0.29, 0.717) is 5.56 Å². The summed E-state index contributed by atoms with van der Waals surface area (Å²) >= 11 is 2.19. The van der Waals surface area contributed by atoms with Crippen LogP contribution in [0, 0.1) is 3.57 Å². The fraction of sp³-hybridized carbons (Fsp3) is 0.0714. The molecule has 0 spiro atoms. The Balaban J connectivity index is 2.32. The lowest BCUT2D eigenvalue weighted by Gasteiger charge is -2.18. The highest BCUT2D eigenvalue weighted by Gasteiger charge is 2.15. The third-order valence-corrected chi connectivity index (χ3v) is 3.52. The van der Waals surface area contributed by atoms with Crippen molar-refractivity contribution in [3.05, 3.63) is 57.7 Å². The van der Waals surface area contributed by atoms with Crippen LogP contribution in [-0.4, -0.2) is 18.1 Å². The second kappa shape index (κ2) is 5.39. The van der Waals surface area contributed by atoms with E-state index in [1.165, 1.54) is 6.07 Å². The Hall–Kier alpha value is -1.56. The third-order valence-electron chi connectivity index (χ3n) is 2.61. The van der Waals surface area contributed by atoms with Gasteiger partial charge in [0.05, 0.1) is 5.69 Å². The molecule has 0 heterocycles. The first-order valence-electron chi connectivity index (χ1n) is 5.41. The molecule has 0 atom stereocenters. The summed E-state index contributed by atoms with van der Waals surface area (Å²) < 4.78 is 1.01. The number of aromatic hydroxyl groups is 1. The molecule has 1 amide bonds. The summed E-state index contributed by atoms with van der Waals surface area (Å²) in [4.78, 5) is 13.8. The molecular weight excluding hydrogens is 341 g/mol. The Morgan fingerprint density at radius 2 is 1.89 bits per heavy atom. The Labute approximate surface area is 119 Å². The minimum absolute atomic E-state index is 0.0945. The molecule has 4 heteroatoms. The number of halogens is 1. The molecule has 1 N–H and O–H groups in total. The first-order valence-corrected chi connectivity index (χ1v) is 6.49. The maximum absolute atomic E-state index is 12.3. The van der Waals surface area contributed by atoms with E-state index < -0.39 is 0 Å². The van der Waals surface area contributed by atoms with Gasteiger partial charge in [0.2, 0.25) is 0 Å². The first-order chi connectivity index (χ1) is 8.59. The van der Waals surface area contributed by atoms with E-state index in [-0.39, 0.29) is 11.7 Å². The molecule has 2 aromatic carbocycles. The van der Waals surface area contributed by atoms with Gasteiger partial charge in [-0.2, -0.15) is 0 Å². The molecule has 0 radical (unpaired) electrons. The highest BCUT2D eigenvalue weighted by Crippen LogP contribution is 2.23. The minimum Gasteiger partial charge on any atom is -0.508 e. The number of carbonyl (C=O) groups excluding carboxylic acids is 1. The largest absolute Gasteiger partial charge is 0.508 e. The lowest BCUT2D eigenvalue weighted by Crippen LogP contribution is -2.26. The van der Waals surface area contributed by atoms with Gasteiger partial charge in [0.15, 0.2) is 0 Å². The van der Waals surface area contributed by atoms with Gasteiger partial charge in [-0.3, -0.25) is 4.79 Å². The Bertz CT molecular complexity index is 584. The van der Waals surface area contributed by atoms with Crippen LogP contribution < -0.4 is 4.90 Å². The number of para-hydroxylation sites is 1. The number of phenols is 1. The van der Waals surface area contributed by atoms with Crippen LogP contribution in [0.1, 0.15) is 10.4 Å². The fourth-order valence-corrected chi connectivity index (χ4v) is 2.41. The van der Waals surface area contributed by atoms with Crippen molar-refractivity contribution >= 4 is 34.2 Å². The Morgan fingerprint density at radius 1 is 1.17 bits per heavy atom. The van der Waals surface area contributed by atoms with Gasteiger partial charge in [0, 0.05) is 16.2 Å². The molecule has 0 aliphatic carbocycles. The van der Waals surface area contributed by atoms with Crippen LogP contribution in [0.5, 0.6) is 5.75 Å². The summed E-state index contributed by atoms with van der Waals surface area (Å²) in [6.45, 7) is 0. The summed E-state index contributed by atoms with van der Waals surface area (Å²) in [6, 6.07) is 14.0. The second-order valence-corrected chi connectivity index (χ2v) is 5.03. The molecule has 92 valence electrons. The van der Waals surface area contributed by atoms with Crippen molar-refractivity contribution in [1.29, 1.82) is 0 Å². The van der Waals surface area contributed by atoms with Crippen LogP contribution in [0.25, 0.3) is 0 Å². The fourth-order valence-electron chi connectivity index (χ4n) is 1.67. The summed E-state index contributed by atoms with van der Waals surface area (Å²) in [7, 11) is 1.73. The quantitative estimate of drug-likeness (QED) is 0.842. The van der Waals surface area contributed by atoms with Gasteiger partial charge < -0.3 is 10.0 Å². The van der Waals surface area contributed by atoms with Crippen molar-refractivity contribution < 1.29 is 9.90 Å². The van der Waals surface area contributed by atoms with Crippen molar-refractivity contribution in [2.75, 3.05) is 11.9 Å². The van der Waals surface area contributed by atoms with Crippen LogP contribution in [0.3, 0.4) is 0 Å². The lowest BCUT2D eigenvalue weighted by atomic mass is 10.2. The summed E-state index contributed by atoms with van der Waals surface area (Å²) in [5.74, 6) is -0.0491. The van der Waals surface area contributed by atoms with E-state index in [9.17, 15) is 9.90 Å². The van der Waals surface area contributed by atoms with Gasteiger partial charge in [-0.15, -0.1) is 0 Å². The van der Waals surface area contributed by atoms with Crippen LogP contribution in [0.2, 0.25) is 0 Å². The SMILES string of the molecule is CN(C(=O)c1cccc(O)c1)c1ccccc1I. The van der Waals surface area contributed by atoms with Gasteiger partial charge in [0.25, 0.3) is 5.91 Å². The molecule has 0 saturated heterocycles. The van der Waals surface area contributed by atoms with E-state index in [1.54, 1.807) is 30.1 Å². The Kier molecular flexibility index (Phi) is 3.86. The molecule has 0 unspecified atom stereocenters. The van der Waals surface area contributed by atoms with Gasteiger partial charge in [-0.05, 0) is 52.9 Å². The van der Waals surface area contributed by atoms with Crippen LogP contribution in [-0.2, 0) is 0 Å². The maximum atomic E-state index is 12.3. The van der Waals surface area contributed by atoms with Gasteiger partial charge in [0.1, 0.15) is 5.75 Å². The normalized spacial score (nSPS) is 10.1. The predicted molar refractivity (Wildman–Crippen MR) is 80.0 cm³/mol. The second-order valence-electron chi connectivity index (χ2n) is 3.87. The molecule has 0 aliphatic rings. The van der Waals surface area contributed by atoms with Crippen molar-refractivity contribution in [3.8, 4) is 5.75 Å². The summed E-state index contributed by atoms with van der Waals surface area (Å²) in [6.07, 6.45) is 0. The number of hydrogen-bond donors (Lipinski definition) is 1. The molecule has 18 heavy (non-hydrogen) atoms. The van der Waals surface area contributed by atoms with E-state index in [1.807, 2.05) is 24.3 Å². The molecule has 2 aromatic rings. The number of benzene rings is 2. The standard InChI is InChI=1S/C14H12INO2/c1-16(13-8-3-2-7-12(13)15)14(18)10-5-4-6-11(17)9-10/h2-9,17H,1H3. The number of hydrogen-bond acceptors (Lipinski definition) is 2. The molecule has 2 rings (SSSR count). The predicted octanol–water partition coefficient (Wildman–Crippen LogP) is 3.27. The topological polar surface area (TPSA) is 40.5 Å². The molecule has 0 bridgehead atoms. The first kappa shape index (κ1) is 12.9. The van der Waals surface area contributed by atoms with Crippen molar-refractivity contribution in [3.63, 3.8) is 0 Å². The summed E-state index contributed by atoms with van der Waals surface area (Å²) in [5.41, 5.74) is 1.32. The zero-order valence-corrected chi connectivity index (χ0v) is 12.0. The van der Waals surface area contributed by atoms with Gasteiger partial charge >= 0.3 is 0 Å². The van der Waals surface area contributed by atoms with Crippen molar-refractivity contribution in [2.24, 2.45) is 0 Å². The Morgan fingerprint density at radius 3 is 2.56 bits per heavy atom. The molecule has 0 fully saturated rings. The van der Waals surface area contributed by atoms with Gasteiger partial charge in [-0.1, -0.05) is 18.2 Å². The van der Waals surface area contributed by atoms with Crippen LogP contribution in [0.4, 0.5) is 5.69 Å².